The summed E-state index contributed by atoms with van der Waals surface area (Å²) in [6.07, 6.45) is 1.65. The van der Waals surface area contributed by atoms with Crippen molar-refractivity contribution in [2.75, 3.05) is 13.1 Å². The van der Waals surface area contributed by atoms with Gasteiger partial charge in [0, 0.05) is 24.5 Å². The monoisotopic (exact) mass is 376 g/mol. The standard InChI is InChI=1S/C18H20N2O3S2/c21-25(22,18-8-2-1-3-9-18)19-10-11-20(14-16-6-4-12-23-16)15-17-7-5-13-24-17/h1-9,12-13,19H,10-11,14-15H2. The first-order valence-electron chi connectivity index (χ1n) is 7.95. The van der Waals surface area contributed by atoms with Gasteiger partial charge in [0.1, 0.15) is 5.76 Å². The number of benzene rings is 1. The third-order valence-electron chi connectivity index (χ3n) is 3.69. The number of thiophene rings is 1. The zero-order valence-electron chi connectivity index (χ0n) is 13.7. The van der Waals surface area contributed by atoms with Gasteiger partial charge < -0.3 is 4.42 Å². The molecule has 2 aromatic heterocycles. The van der Waals surface area contributed by atoms with E-state index in [2.05, 4.69) is 15.7 Å². The van der Waals surface area contributed by atoms with Gasteiger partial charge in [0.05, 0.1) is 17.7 Å². The van der Waals surface area contributed by atoms with Crippen LogP contribution in [-0.4, -0.2) is 26.4 Å². The molecule has 0 aliphatic rings. The molecule has 0 aliphatic heterocycles. The quantitative estimate of drug-likeness (QED) is 0.622. The number of nitrogens with one attached hydrogen (secondary N) is 1. The third kappa shape index (κ3) is 5.27. The average molecular weight is 377 g/mol. The van der Waals surface area contributed by atoms with Crippen molar-refractivity contribution >= 4 is 21.4 Å². The van der Waals surface area contributed by atoms with Crippen LogP contribution >= 0.6 is 11.3 Å². The zero-order chi connectivity index (χ0) is 17.5. The van der Waals surface area contributed by atoms with E-state index in [0.717, 1.165) is 12.3 Å². The number of nitrogens with zero attached hydrogens (tertiary/aromatic N) is 1. The summed E-state index contributed by atoms with van der Waals surface area (Å²) in [5.41, 5.74) is 0. The fraction of sp³-hybridized carbons (Fsp3) is 0.222. The molecule has 0 unspecified atom stereocenters. The Labute approximate surface area is 152 Å². The number of hydrogen-bond donors (Lipinski definition) is 1. The van der Waals surface area contributed by atoms with Crippen molar-refractivity contribution in [1.29, 1.82) is 0 Å². The Kier molecular flexibility index (Phi) is 6.04. The van der Waals surface area contributed by atoms with E-state index in [-0.39, 0.29) is 4.90 Å². The molecule has 5 nitrogen and oxygen atoms in total. The van der Waals surface area contributed by atoms with E-state index in [0.29, 0.717) is 19.6 Å². The Balaban J connectivity index is 1.60. The molecule has 1 aromatic carbocycles. The first kappa shape index (κ1) is 17.9. The van der Waals surface area contributed by atoms with E-state index in [4.69, 9.17) is 4.42 Å². The molecule has 0 bridgehead atoms. The molecule has 0 amide bonds. The first-order chi connectivity index (χ1) is 12.1. The van der Waals surface area contributed by atoms with Gasteiger partial charge in [-0.15, -0.1) is 11.3 Å². The molecular weight excluding hydrogens is 356 g/mol. The molecule has 0 fully saturated rings. The Morgan fingerprint density at radius 2 is 1.84 bits per heavy atom. The van der Waals surface area contributed by atoms with Crippen molar-refractivity contribution in [3.8, 4) is 0 Å². The molecule has 0 atom stereocenters. The lowest BCUT2D eigenvalue weighted by Crippen LogP contribution is -2.34. The number of rotatable bonds is 9. The summed E-state index contributed by atoms with van der Waals surface area (Å²) >= 11 is 1.69. The van der Waals surface area contributed by atoms with E-state index in [9.17, 15) is 8.42 Å². The van der Waals surface area contributed by atoms with Gasteiger partial charge in [-0.25, -0.2) is 13.1 Å². The van der Waals surface area contributed by atoms with Crippen LogP contribution in [0.2, 0.25) is 0 Å². The molecule has 0 spiro atoms. The molecule has 0 saturated carbocycles. The minimum atomic E-state index is -3.48. The van der Waals surface area contributed by atoms with Crippen LogP contribution < -0.4 is 4.72 Å². The van der Waals surface area contributed by atoms with Gasteiger partial charge in [-0.05, 0) is 35.7 Å². The summed E-state index contributed by atoms with van der Waals surface area (Å²) in [6.45, 7) is 2.32. The highest BCUT2D eigenvalue weighted by atomic mass is 32.2. The van der Waals surface area contributed by atoms with E-state index < -0.39 is 10.0 Å². The van der Waals surface area contributed by atoms with Gasteiger partial charge in [0.25, 0.3) is 0 Å². The maximum Gasteiger partial charge on any atom is 0.240 e. The second-order valence-electron chi connectivity index (χ2n) is 5.58. The van der Waals surface area contributed by atoms with Gasteiger partial charge in [-0.2, -0.15) is 0 Å². The van der Waals surface area contributed by atoms with Crippen LogP contribution in [0, 0.1) is 0 Å². The highest BCUT2D eigenvalue weighted by molar-refractivity contribution is 7.89. The molecule has 3 rings (SSSR count). The molecule has 7 heteroatoms. The van der Waals surface area contributed by atoms with Crippen LogP contribution in [0.3, 0.4) is 0 Å². The van der Waals surface area contributed by atoms with E-state index in [1.807, 2.05) is 23.6 Å². The molecule has 132 valence electrons. The minimum absolute atomic E-state index is 0.283. The molecule has 0 saturated heterocycles. The van der Waals surface area contributed by atoms with Gasteiger partial charge in [0.15, 0.2) is 0 Å². The van der Waals surface area contributed by atoms with Crippen LogP contribution in [0.5, 0.6) is 0 Å². The molecule has 1 N–H and O–H groups in total. The van der Waals surface area contributed by atoms with E-state index >= 15 is 0 Å². The summed E-state index contributed by atoms with van der Waals surface area (Å²) in [6, 6.07) is 16.3. The lowest BCUT2D eigenvalue weighted by atomic mass is 10.3. The second kappa shape index (κ2) is 8.44. The van der Waals surface area contributed by atoms with Crippen molar-refractivity contribution in [3.63, 3.8) is 0 Å². The maximum atomic E-state index is 12.3. The largest absolute Gasteiger partial charge is 0.468 e. The van der Waals surface area contributed by atoms with Crippen molar-refractivity contribution in [3.05, 3.63) is 76.9 Å². The Morgan fingerprint density at radius 1 is 1.00 bits per heavy atom. The van der Waals surface area contributed by atoms with Crippen LogP contribution in [0.4, 0.5) is 0 Å². The Bertz CT molecular complexity index is 809. The molecule has 0 radical (unpaired) electrons. The normalized spacial score (nSPS) is 11.9. The number of hydrogen-bond acceptors (Lipinski definition) is 5. The van der Waals surface area contributed by atoms with Crippen LogP contribution in [0.1, 0.15) is 10.6 Å². The molecule has 0 aliphatic carbocycles. The van der Waals surface area contributed by atoms with Gasteiger partial charge in [0.2, 0.25) is 10.0 Å². The van der Waals surface area contributed by atoms with E-state index in [1.165, 1.54) is 4.88 Å². The van der Waals surface area contributed by atoms with Crippen molar-refractivity contribution < 1.29 is 12.8 Å². The molecule has 25 heavy (non-hydrogen) atoms. The lowest BCUT2D eigenvalue weighted by molar-refractivity contribution is 0.241. The lowest BCUT2D eigenvalue weighted by Gasteiger charge is -2.20. The molecular formula is C18H20N2O3S2. The highest BCUT2D eigenvalue weighted by Gasteiger charge is 2.15. The fourth-order valence-electron chi connectivity index (χ4n) is 2.48. The maximum absolute atomic E-state index is 12.3. The SMILES string of the molecule is O=S(=O)(NCCN(Cc1ccco1)Cc1cccs1)c1ccccc1. The van der Waals surface area contributed by atoms with Crippen molar-refractivity contribution in [2.45, 2.75) is 18.0 Å². The predicted molar refractivity (Wildman–Crippen MR) is 98.8 cm³/mol. The highest BCUT2D eigenvalue weighted by Crippen LogP contribution is 2.14. The summed E-state index contributed by atoms with van der Waals surface area (Å²) in [7, 11) is -3.48. The topological polar surface area (TPSA) is 62.6 Å². The summed E-state index contributed by atoms with van der Waals surface area (Å²) < 4.78 is 32.7. The third-order valence-corrected chi connectivity index (χ3v) is 6.03. The molecule has 2 heterocycles. The Hall–Kier alpha value is -1.93. The van der Waals surface area contributed by atoms with Gasteiger partial charge in [-0.3, -0.25) is 4.90 Å². The van der Waals surface area contributed by atoms with Crippen LogP contribution in [0.15, 0.2) is 75.6 Å². The summed E-state index contributed by atoms with van der Waals surface area (Å²) in [5.74, 6) is 0.863. The van der Waals surface area contributed by atoms with Gasteiger partial charge >= 0.3 is 0 Å². The van der Waals surface area contributed by atoms with E-state index in [1.54, 1.807) is 47.9 Å². The van der Waals surface area contributed by atoms with Crippen molar-refractivity contribution in [1.82, 2.24) is 9.62 Å². The zero-order valence-corrected chi connectivity index (χ0v) is 15.3. The minimum Gasteiger partial charge on any atom is -0.468 e. The smallest absolute Gasteiger partial charge is 0.240 e. The number of sulfonamides is 1. The average Bonchev–Trinajstić information content (AvgIpc) is 3.29. The summed E-state index contributed by atoms with van der Waals surface area (Å²) in [5, 5.41) is 2.04. The molecule has 3 aromatic rings. The van der Waals surface area contributed by atoms with Crippen LogP contribution in [-0.2, 0) is 23.1 Å². The number of furan rings is 1. The first-order valence-corrected chi connectivity index (χ1v) is 10.3. The Morgan fingerprint density at radius 3 is 2.52 bits per heavy atom. The van der Waals surface area contributed by atoms with Crippen LogP contribution in [0.25, 0.3) is 0 Å². The van der Waals surface area contributed by atoms with Gasteiger partial charge in [-0.1, -0.05) is 24.3 Å². The fourth-order valence-corrected chi connectivity index (χ4v) is 4.27. The van der Waals surface area contributed by atoms with Crippen molar-refractivity contribution in [2.24, 2.45) is 0 Å². The second-order valence-corrected chi connectivity index (χ2v) is 8.38. The summed E-state index contributed by atoms with van der Waals surface area (Å²) in [4.78, 5) is 3.68. The predicted octanol–water partition coefficient (Wildman–Crippen LogP) is 3.32.